The van der Waals surface area contributed by atoms with Crippen molar-refractivity contribution in [2.45, 2.75) is 39.2 Å². The van der Waals surface area contributed by atoms with Crippen LogP contribution < -0.4 is 5.32 Å². The van der Waals surface area contributed by atoms with Crippen molar-refractivity contribution in [3.63, 3.8) is 0 Å². The smallest absolute Gasteiger partial charge is 0.329 e. The number of benzene rings is 1. The van der Waals surface area contributed by atoms with Gasteiger partial charge < -0.3 is 10.1 Å². The SMILES string of the molecule is Cc1cc(NC(=O)COC(=O)[C@H](C)N2C(=O)[C@@H]3[C@H]4CC[C@@H](C4)[C@H]3C2=O)ccc1Br. The average molecular weight is 463 g/mol. The lowest BCUT2D eigenvalue weighted by Gasteiger charge is -2.23. The summed E-state index contributed by atoms with van der Waals surface area (Å²) in [6, 6.07) is 4.31. The molecule has 7 nitrogen and oxygen atoms in total. The Balaban J connectivity index is 1.34. The number of amides is 3. The van der Waals surface area contributed by atoms with Crippen molar-refractivity contribution in [1.29, 1.82) is 0 Å². The van der Waals surface area contributed by atoms with Crippen molar-refractivity contribution in [1.82, 2.24) is 4.90 Å². The molecular formula is C21H23BrN2O5. The molecule has 154 valence electrons. The van der Waals surface area contributed by atoms with Gasteiger partial charge >= 0.3 is 5.97 Å². The first-order chi connectivity index (χ1) is 13.8. The van der Waals surface area contributed by atoms with Crippen LogP contribution in [-0.4, -0.2) is 41.2 Å². The number of hydrogen-bond donors (Lipinski definition) is 1. The number of carbonyl (C=O) groups excluding carboxylic acids is 4. The van der Waals surface area contributed by atoms with E-state index >= 15 is 0 Å². The predicted molar refractivity (Wildman–Crippen MR) is 108 cm³/mol. The third-order valence-corrected chi connectivity index (χ3v) is 7.37. The topological polar surface area (TPSA) is 92.8 Å². The van der Waals surface area contributed by atoms with Crippen LogP contribution in [0.2, 0.25) is 0 Å². The molecule has 1 aliphatic heterocycles. The van der Waals surface area contributed by atoms with Crippen LogP contribution in [-0.2, 0) is 23.9 Å². The zero-order chi connectivity index (χ0) is 20.9. The Labute approximate surface area is 177 Å². The lowest BCUT2D eigenvalue weighted by atomic mass is 9.81. The second kappa shape index (κ2) is 7.55. The summed E-state index contributed by atoms with van der Waals surface area (Å²) >= 11 is 3.39. The molecular weight excluding hydrogens is 440 g/mol. The molecule has 1 N–H and O–H groups in total. The molecule has 1 heterocycles. The van der Waals surface area contributed by atoms with Gasteiger partial charge in [0.05, 0.1) is 11.8 Å². The third kappa shape index (κ3) is 3.47. The number of esters is 1. The molecule has 3 fully saturated rings. The van der Waals surface area contributed by atoms with Gasteiger partial charge in [0.2, 0.25) is 11.8 Å². The molecule has 4 rings (SSSR count). The maximum absolute atomic E-state index is 12.8. The highest BCUT2D eigenvalue weighted by Crippen LogP contribution is 2.56. The second-order valence-electron chi connectivity index (χ2n) is 8.23. The van der Waals surface area contributed by atoms with Gasteiger partial charge in [-0.15, -0.1) is 0 Å². The highest BCUT2D eigenvalue weighted by atomic mass is 79.9. The zero-order valence-electron chi connectivity index (χ0n) is 16.3. The summed E-state index contributed by atoms with van der Waals surface area (Å²) in [4.78, 5) is 51.2. The molecule has 1 aromatic rings. The quantitative estimate of drug-likeness (QED) is 0.536. The Hall–Kier alpha value is -2.22. The summed E-state index contributed by atoms with van der Waals surface area (Å²) < 4.78 is 6.01. The molecule has 2 saturated carbocycles. The second-order valence-corrected chi connectivity index (χ2v) is 9.08. The fraction of sp³-hybridized carbons (Fsp3) is 0.524. The van der Waals surface area contributed by atoms with Gasteiger partial charge in [0.25, 0.3) is 5.91 Å². The van der Waals surface area contributed by atoms with E-state index in [-0.39, 0.29) is 35.5 Å². The predicted octanol–water partition coefficient (Wildman–Crippen LogP) is 2.66. The normalized spacial score (nSPS) is 28.4. The maximum Gasteiger partial charge on any atom is 0.329 e. The average Bonchev–Trinajstić information content (AvgIpc) is 3.36. The summed E-state index contributed by atoms with van der Waals surface area (Å²) in [5, 5.41) is 2.66. The molecule has 8 heteroatoms. The van der Waals surface area contributed by atoms with Crippen LogP contribution in [0.5, 0.6) is 0 Å². The maximum atomic E-state index is 12.8. The van der Waals surface area contributed by atoms with Gasteiger partial charge in [-0.3, -0.25) is 19.3 Å². The van der Waals surface area contributed by atoms with E-state index in [1.54, 1.807) is 12.1 Å². The fourth-order valence-corrected chi connectivity index (χ4v) is 5.34. The van der Waals surface area contributed by atoms with E-state index in [0.29, 0.717) is 5.69 Å². The molecule has 0 unspecified atom stereocenters. The highest BCUT2D eigenvalue weighted by molar-refractivity contribution is 9.10. The Kier molecular flexibility index (Phi) is 5.23. The van der Waals surface area contributed by atoms with Crippen molar-refractivity contribution in [3.8, 4) is 0 Å². The number of nitrogens with one attached hydrogen (secondary N) is 1. The van der Waals surface area contributed by atoms with Gasteiger partial charge in [-0.05, 0) is 68.7 Å². The van der Waals surface area contributed by atoms with Crippen molar-refractivity contribution >= 4 is 45.3 Å². The Morgan fingerprint density at radius 1 is 1.21 bits per heavy atom. The number of aryl methyl sites for hydroxylation is 1. The van der Waals surface area contributed by atoms with E-state index < -0.39 is 24.5 Å². The number of anilines is 1. The van der Waals surface area contributed by atoms with Crippen LogP contribution in [0.15, 0.2) is 22.7 Å². The van der Waals surface area contributed by atoms with Crippen LogP contribution in [0.3, 0.4) is 0 Å². The van der Waals surface area contributed by atoms with Gasteiger partial charge in [0.15, 0.2) is 6.61 Å². The number of halogens is 1. The summed E-state index contributed by atoms with van der Waals surface area (Å²) in [6.45, 7) is 2.90. The highest BCUT2D eigenvalue weighted by Gasteiger charge is 2.62. The minimum atomic E-state index is -1.03. The van der Waals surface area contributed by atoms with Crippen LogP contribution >= 0.6 is 15.9 Å². The minimum Gasteiger partial charge on any atom is -0.454 e. The zero-order valence-corrected chi connectivity index (χ0v) is 17.9. The Bertz CT molecular complexity index is 873. The number of imide groups is 1. The number of ether oxygens (including phenoxy) is 1. The molecule has 0 spiro atoms. The first-order valence-electron chi connectivity index (χ1n) is 9.87. The standard InChI is InChI=1S/C21H23BrN2O5/c1-10-7-14(5-6-15(10)22)23-16(25)9-29-21(28)11(2)24-19(26)17-12-3-4-13(8-12)18(17)20(24)27/h5-7,11-13,17-18H,3-4,8-9H2,1-2H3,(H,23,25)/t11-,12-,13-,17+,18+/m0/s1. The lowest BCUT2D eigenvalue weighted by Crippen LogP contribution is -2.45. The molecule has 1 saturated heterocycles. The molecule has 0 radical (unpaired) electrons. The first-order valence-corrected chi connectivity index (χ1v) is 10.7. The molecule has 2 bridgehead atoms. The van der Waals surface area contributed by atoms with Gasteiger partial charge in [0, 0.05) is 10.2 Å². The van der Waals surface area contributed by atoms with E-state index in [1.807, 2.05) is 13.0 Å². The molecule has 3 aliphatic rings. The third-order valence-electron chi connectivity index (χ3n) is 6.48. The summed E-state index contributed by atoms with van der Waals surface area (Å²) in [5.41, 5.74) is 1.55. The molecule has 1 aromatic carbocycles. The van der Waals surface area contributed by atoms with Gasteiger partial charge in [-0.1, -0.05) is 15.9 Å². The van der Waals surface area contributed by atoms with Crippen LogP contribution in [0.25, 0.3) is 0 Å². The number of rotatable bonds is 5. The van der Waals surface area contributed by atoms with Gasteiger partial charge in [0.1, 0.15) is 6.04 Å². The van der Waals surface area contributed by atoms with Crippen molar-refractivity contribution < 1.29 is 23.9 Å². The van der Waals surface area contributed by atoms with E-state index in [2.05, 4.69) is 21.2 Å². The summed E-state index contributed by atoms with van der Waals surface area (Å²) in [6.07, 6.45) is 2.90. The van der Waals surface area contributed by atoms with E-state index in [9.17, 15) is 19.2 Å². The first kappa shape index (κ1) is 20.1. The monoisotopic (exact) mass is 462 g/mol. The Morgan fingerprint density at radius 3 is 2.41 bits per heavy atom. The van der Waals surface area contributed by atoms with Gasteiger partial charge in [-0.25, -0.2) is 4.79 Å². The minimum absolute atomic E-state index is 0.258. The van der Waals surface area contributed by atoms with Crippen LogP contribution in [0, 0.1) is 30.6 Å². The number of likely N-dealkylation sites (tertiary alicyclic amines) is 1. The summed E-state index contributed by atoms with van der Waals surface area (Å²) in [7, 11) is 0. The molecule has 29 heavy (non-hydrogen) atoms. The Morgan fingerprint density at radius 2 is 1.83 bits per heavy atom. The molecule has 3 amide bonds. The number of fused-ring (bicyclic) bond motifs is 5. The molecule has 2 aliphatic carbocycles. The molecule has 5 atom stereocenters. The number of carbonyl (C=O) groups is 4. The largest absolute Gasteiger partial charge is 0.454 e. The van der Waals surface area contributed by atoms with Crippen LogP contribution in [0.1, 0.15) is 31.7 Å². The molecule has 0 aromatic heterocycles. The number of nitrogens with zero attached hydrogens (tertiary/aromatic N) is 1. The van der Waals surface area contributed by atoms with Crippen molar-refractivity contribution in [2.75, 3.05) is 11.9 Å². The van der Waals surface area contributed by atoms with Crippen molar-refractivity contribution in [2.24, 2.45) is 23.7 Å². The van der Waals surface area contributed by atoms with Crippen molar-refractivity contribution in [3.05, 3.63) is 28.2 Å². The summed E-state index contributed by atoms with van der Waals surface area (Å²) in [5.74, 6) is -1.79. The van der Waals surface area contributed by atoms with E-state index in [4.69, 9.17) is 4.74 Å². The number of hydrogen-bond acceptors (Lipinski definition) is 5. The fourth-order valence-electron chi connectivity index (χ4n) is 5.10. The van der Waals surface area contributed by atoms with E-state index in [1.165, 1.54) is 6.92 Å². The van der Waals surface area contributed by atoms with Gasteiger partial charge in [-0.2, -0.15) is 0 Å². The van der Waals surface area contributed by atoms with E-state index in [0.717, 1.165) is 34.2 Å². The lowest BCUT2D eigenvalue weighted by molar-refractivity contribution is -0.159. The van der Waals surface area contributed by atoms with Crippen LogP contribution in [0.4, 0.5) is 5.69 Å².